The highest BCUT2D eigenvalue weighted by atomic mass is 16.6. The van der Waals surface area contributed by atoms with Gasteiger partial charge in [-0.1, -0.05) is 42.5 Å². The molecule has 0 aliphatic heterocycles. The lowest BCUT2D eigenvalue weighted by Crippen LogP contribution is -2.13. The van der Waals surface area contributed by atoms with Crippen molar-refractivity contribution >= 4 is 12.0 Å². The number of esters is 1. The van der Waals surface area contributed by atoms with E-state index in [0.29, 0.717) is 12.2 Å². The number of allylic oxidation sites excluding steroid dienone is 1. The number of para-hydroxylation sites is 1. The van der Waals surface area contributed by atoms with Crippen LogP contribution >= 0.6 is 0 Å². The molecule has 0 saturated heterocycles. The Morgan fingerprint density at radius 3 is 2.42 bits per heavy atom. The van der Waals surface area contributed by atoms with Gasteiger partial charge in [0.05, 0.1) is 5.56 Å². The molecular formula is C21H24O3. The summed E-state index contributed by atoms with van der Waals surface area (Å²) in [6.07, 6.45) is 3.84. The molecule has 0 atom stereocenters. The second-order valence-electron chi connectivity index (χ2n) is 4.83. The molecule has 2 aromatic carbocycles. The Kier molecular flexibility index (Phi) is 8.69. The van der Waals surface area contributed by atoms with Gasteiger partial charge in [0.1, 0.15) is 19.0 Å². The van der Waals surface area contributed by atoms with Crippen molar-refractivity contribution in [2.24, 2.45) is 0 Å². The first-order valence-corrected chi connectivity index (χ1v) is 7.79. The van der Waals surface area contributed by atoms with Crippen molar-refractivity contribution in [2.45, 2.75) is 13.8 Å². The van der Waals surface area contributed by atoms with Gasteiger partial charge in [-0.2, -0.15) is 0 Å². The van der Waals surface area contributed by atoms with Crippen LogP contribution in [0.1, 0.15) is 28.4 Å². The quantitative estimate of drug-likeness (QED) is 0.423. The van der Waals surface area contributed by atoms with E-state index < -0.39 is 0 Å². The molecule has 24 heavy (non-hydrogen) atoms. The van der Waals surface area contributed by atoms with E-state index in [1.54, 1.807) is 6.07 Å². The highest BCUT2D eigenvalue weighted by Crippen LogP contribution is 2.17. The Hall–Kier alpha value is -2.81. The molecule has 0 radical (unpaired) electrons. The van der Waals surface area contributed by atoms with Crippen molar-refractivity contribution in [2.75, 3.05) is 13.2 Å². The van der Waals surface area contributed by atoms with Crippen LogP contribution in [0, 0.1) is 6.92 Å². The molecule has 0 spiro atoms. The first-order valence-electron chi connectivity index (χ1n) is 7.79. The average Bonchev–Trinajstić information content (AvgIpc) is 2.63. The molecule has 0 saturated carbocycles. The lowest BCUT2D eigenvalue weighted by Gasteiger charge is -2.10. The SMILES string of the molecule is C/C=C\c1c(C)cccc1C(=O)OCCOc1ccccc1.C=C. The van der Waals surface area contributed by atoms with Crippen molar-refractivity contribution in [1.82, 2.24) is 0 Å². The summed E-state index contributed by atoms with van der Waals surface area (Å²) >= 11 is 0. The molecule has 2 rings (SSSR count). The second kappa shape index (κ2) is 10.8. The summed E-state index contributed by atoms with van der Waals surface area (Å²) in [6.45, 7) is 10.5. The predicted octanol–water partition coefficient (Wildman–Crippen LogP) is 5.07. The highest BCUT2D eigenvalue weighted by Gasteiger charge is 2.12. The second-order valence-corrected chi connectivity index (χ2v) is 4.83. The number of carbonyl (C=O) groups excluding carboxylic acids is 1. The number of hydrogen-bond donors (Lipinski definition) is 0. The van der Waals surface area contributed by atoms with E-state index in [9.17, 15) is 4.79 Å². The normalized spacial score (nSPS) is 9.92. The van der Waals surface area contributed by atoms with Gasteiger partial charge >= 0.3 is 5.97 Å². The van der Waals surface area contributed by atoms with E-state index in [-0.39, 0.29) is 12.6 Å². The van der Waals surface area contributed by atoms with Gasteiger partial charge < -0.3 is 9.47 Å². The number of ether oxygens (including phenoxy) is 2. The molecule has 0 aliphatic rings. The van der Waals surface area contributed by atoms with E-state index in [2.05, 4.69) is 13.2 Å². The van der Waals surface area contributed by atoms with Crippen LogP contribution in [0.15, 0.2) is 67.8 Å². The molecule has 2 aromatic rings. The number of carbonyl (C=O) groups is 1. The van der Waals surface area contributed by atoms with Crippen molar-refractivity contribution in [3.63, 3.8) is 0 Å². The van der Waals surface area contributed by atoms with Crippen LogP contribution < -0.4 is 4.74 Å². The Morgan fingerprint density at radius 1 is 1.04 bits per heavy atom. The Morgan fingerprint density at radius 2 is 1.75 bits per heavy atom. The van der Waals surface area contributed by atoms with Crippen LogP contribution in [-0.4, -0.2) is 19.2 Å². The highest BCUT2D eigenvalue weighted by molar-refractivity contribution is 5.94. The van der Waals surface area contributed by atoms with Gasteiger partial charge in [-0.25, -0.2) is 4.79 Å². The van der Waals surface area contributed by atoms with E-state index >= 15 is 0 Å². The van der Waals surface area contributed by atoms with E-state index in [1.165, 1.54) is 0 Å². The number of hydrogen-bond acceptors (Lipinski definition) is 3. The fraction of sp³-hybridized carbons (Fsp3) is 0.190. The number of benzene rings is 2. The lowest BCUT2D eigenvalue weighted by atomic mass is 10.0. The largest absolute Gasteiger partial charge is 0.490 e. The standard InChI is InChI=1S/C19H20O3.C2H4/c1-3-8-17-15(2)9-7-12-18(17)19(20)22-14-13-21-16-10-5-4-6-11-16;1-2/h3-12H,13-14H2,1-2H3;1-2H2/b8-3-;. The summed E-state index contributed by atoms with van der Waals surface area (Å²) in [4.78, 5) is 12.2. The summed E-state index contributed by atoms with van der Waals surface area (Å²) in [5, 5.41) is 0. The summed E-state index contributed by atoms with van der Waals surface area (Å²) in [6, 6.07) is 15.1. The number of rotatable bonds is 6. The monoisotopic (exact) mass is 324 g/mol. The molecule has 0 N–H and O–H groups in total. The Balaban J connectivity index is 0.00000139. The van der Waals surface area contributed by atoms with E-state index in [1.807, 2.05) is 68.5 Å². The zero-order chi connectivity index (χ0) is 17.8. The van der Waals surface area contributed by atoms with E-state index in [0.717, 1.165) is 16.9 Å². The third kappa shape index (κ3) is 5.76. The summed E-state index contributed by atoms with van der Waals surface area (Å²) in [5.41, 5.74) is 2.53. The molecule has 0 heterocycles. The minimum atomic E-state index is -0.325. The fourth-order valence-electron chi connectivity index (χ4n) is 2.13. The zero-order valence-electron chi connectivity index (χ0n) is 14.3. The summed E-state index contributed by atoms with van der Waals surface area (Å²) in [5.74, 6) is 0.442. The van der Waals surface area contributed by atoms with Gasteiger partial charge in [-0.05, 0) is 43.2 Å². The molecule has 0 fully saturated rings. The Bertz CT molecular complexity index is 660. The average molecular weight is 324 g/mol. The molecule has 3 nitrogen and oxygen atoms in total. The topological polar surface area (TPSA) is 35.5 Å². The van der Waals surface area contributed by atoms with Gasteiger partial charge in [0.15, 0.2) is 0 Å². The van der Waals surface area contributed by atoms with Crippen molar-refractivity contribution in [3.05, 3.63) is 84.5 Å². The van der Waals surface area contributed by atoms with Gasteiger partial charge in [-0.3, -0.25) is 0 Å². The molecular weight excluding hydrogens is 300 g/mol. The van der Waals surface area contributed by atoms with Crippen LogP contribution in [-0.2, 0) is 4.74 Å². The maximum atomic E-state index is 12.2. The first-order chi connectivity index (χ1) is 11.7. The third-order valence-electron chi connectivity index (χ3n) is 3.21. The molecule has 0 bridgehead atoms. The van der Waals surface area contributed by atoms with Gasteiger partial charge in [0.25, 0.3) is 0 Å². The fourth-order valence-corrected chi connectivity index (χ4v) is 2.13. The lowest BCUT2D eigenvalue weighted by molar-refractivity contribution is 0.0450. The summed E-state index contributed by atoms with van der Waals surface area (Å²) < 4.78 is 10.8. The third-order valence-corrected chi connectivity index (χ3v) is 3.21. The van der Waals surface area contributed by atoms with Gasteiger partial charge in [0, 0.05) is 0 Å². The number of aryl methyl sites for hydroxylation is 1. The minimum Gasteiger partial charge on any atom is -0.490 e. The maximum Gasteiger partial charge on any atom is 0.338 e. The van der Waals surface area contributed by atoms with Crippen LogP contribution in [0.3, 0.4) is 0 Å². The zero-order valence-corrected chi connectivity index (χ0v) is 14.3. The predicted molar refractivity (Wildman–Crippen MR) is 99.4 cm³/mol. The van der Waals surface area contributed by atoms with Crippen LogP contribution in [0.25, 0.3) is 6.08 Å². The molecule has 0 unspecified atom stereocenters. The van der Waals surface area contributed by atoms with Crippen molar-refractivity contribution in [1.29, 1.82) is 0 Å². The molecule has 126 valence electrons. The maximum absolute atomic E-state index is 12.2. The van der Waals surface area contributed by atoms with Crippen LogP contribution in [0.2, 0.25) is 0 Å². The van der Waals surface area contributed by atoms with Gasteiger partial charge in [-0.15, -0.1) is 13.2 Å². The van der Waals surface area contributed by atoms with Crippen molar-refractivity contribution < 1.29 is 14.3 Å². The minimum absolute atomic E-state index is 0.219. The van der Waals surface area contributed by atoms with Crippen LogP contribution in [0.5, 0.6) is 5.75 Å². The first kappa shape index (κ1) is 19.2. The van der Waals surface area contributed by atoms with E-state index in [4.69, 9.17) is 9.47 Å². The molecule has 0 amide bonds. The Labute approximate surface area is 144 Å². The van der Waals surface area contributed by atoms with Gasteiger partial charge in [0.2, 0.25) is 0 Å². The molecule has 3 heteroatoms. The summed E-state index contributed by atoms with van der Waals surface area (Å²) in [7, 11) is 0. The molecule has 0 aromatic heterocycles. The van der Waals surface area contributed by atoms with Crippen LogP contribution in [0.4, 0.5) is 0 Å². The molecule has 0 aliphatic carbocycles. The van der Waals surface area contributed by atoms with Crippen molar-refractivity contribution in [3.8, 4) is 5.75 Å². The smallest absolute Gasteiger partial charge is 0.338 e.